The van der Waals surface area contributed by atoms with Crippen LogP contribution in [-0.2, 0) is 4.79 Å². The molecule has 1 unspecified atom stereocenters. The van der Waals surface area contributed by atoms with Gasteiger partial charge in [0.2, 0.25) is 0 Å². The Balaban J connectivity index is 2.86. The molecule has 3 heteroatoms. The van der Waals surface area contributed by atoms with Crippen LogP contribution in [0.15, 0.2) is 23.8 Å². The van der Waals surface area contributed by atoms with Crippen molar-refractivity contribution in [3.05, 3.63) is 23.8 Å². The molecular formula is C8H9IO2. The largest absolute Gasteiger partial charge is 0.480 e. The van der Waals surface area contributed by atoms with E-state index in [0.717, 1.165) is 5.57 Å². The van der Waals surface area contributed by atoms with E-state index in [2.05, 4.69) is 0 Å². The number of hydrogen-bond donors (Lipinski definition) is 1. The lowest BCUT2D eigenvalue weighted by Gasteiger charge is -2.21. The second kappa shape index (κ2) is 2.97. The van der Waals surface area contributed by atoms with Crippen molar-refractivity contribution in [2.24, 2.45) is 0 Å². The second-order valence-corrected chi connectivity index (χ2v) is 4.64. The third-order valence-electron chi connectivity index (χ3n) is 1.63. The van der Waals surface area contributed by atoms with Gasteiger partial charge < -0.3 is 5.11 Å². The summed E-state index contributed by atoms with van der Waals surface area (Å²) in [4.78, 5) is 10.7. The molecule has 2 nitrogen and oxygen atoms in total. The van der Waals surface area contributed by atoms with Crippen LogP contribution in [-0.4, -0.2) is 14.5 Å². The van der Waals surface area contributed by atoms with Crippen LogP contribution in [0.4, 0.5) is 0 Å². The van der Waals surface area contributed by atoms with Crippen molar-refractivity contribution in [1.82, 2.24) is 0 Å². The fourth-order valence-electron chi connectivity index (χ4n) is 1.04. The van der Waals surface area contributed by atoms with Crippen LogP contribution < -0.4 is 0 Å². The number of carboxylic acid groups (broad SMARTS) is 1. The van der Waals surface area contributed by atoms with Crippen LogP contribution in [0, 0.1) is 0 Å². The highest BCUT2D eigenvalue weighted by Gasteiger charge is 2.33. The van der Waals surface area contributed by atoms with E-state index in [9.17, 15) is 4.79 Å². The van der Waals surface area contributed by atoms with Crippen molar-refractivity contribution in [2.45, 2.75) is 16.8 Å². The fraction of sp³-hybridized carbons (Fsp3) is 0.375. The van der Waals surface area contributed by atoms with Crippen molar-refractivity contribution >= 4 is 28.6 Å². The lowest BCUT2D eigenvalue weighted by molar-refractivity contribution is -0.138. The summed E-state index contributed by atoms with van der Waals surface area (Å²) in [5.41, 5.74) is 1.12. The molecule has 1 N–H and O–H groups in total. The molecule has 0 spiro atoms. The van der Waals surface area contributed by atoms with Gasteiger partial charge in [0.15, 0.2) is 0 Å². The highest BCUT2D eigenvalue weighted by atomic mass is 127. The summed E-state index contributed by atoms with van der Waals surface area (Å²) in [6.45, 7) is 1.94. The van der Waals surface area contributed by atoms with E-state index >= 15 is 0 Å². The molecule has 0 aromatic carbocycles. The molecule has 0 aromatic rings. The monoisotopic (exact) mass is 264 g/mol. The van der Waals surface area contributed by atoms with E-state index in [1.165, 1.54) is 0 Å². The zero-order valence-corrected chi connectivity index (χ0v) is 8.33. The van der Waals surface area contributed by atoms with Crippen molar-refractivity contribution < 1.29 is 9.90 Å². The Kier molecular flexibility index (Phi) is 2.37. The number of hydrogen-bond acceptors (Lipinski definition) is 1. The summed E-state index contributed by atoms with van der Waals surface area (Å²) in [5, 5.41) is 8.83. The normalized spacial score (nSPS) is 29.8. The molecule has 11 heavy (non-hydrogen) atoms. The molecule has 0 fully saturated rings. The van der Waals surface area contributed by atoms with Gasteiger partial charge in [-0.3, -0.25) is 4.79 Å². The predicted octanol–water partition coefficient (Wildman–Crippen LogP) is 2.15. The van der Waals surface area contributed by atoms with Gasteiger partial charge in [0.1, 0.15) is 3.42 Å². The molecule has 1 atom stereocenters. The SMILES string of the molecule is CC1=CC=CC(I)(C(=O)O)C1. The first-order chi connectivity index (χ1) is 5.04. The zero-order valence-electron chi connectivity index (χ0n) is 6.17. The summed E-state index contributed by atoms with van der Waals surface area (Å²) in [6.07, 6.45) is 6.08. The molecule has 1 rings (SSSR count). The number of halogens is 1. The summed E-state index contributed by atoms with van der Waals surface area (Å²) in [7, 11) is 0. The number of carboxylic acids is 1. The van der Waals surface area contributed by atoms with Crippen molar-refractivity contribution in [3.8, 4) is 0 Å². The maximum absolute atomic E-state index is 10.7. The van der Waals surface area contributed by atoms with E-state index in [4.69, 9.17) is 5.11 Å². The smallest absolute Gasteiger partial charge is 0.323 e. The van der Waals surface area contributed by atoms with E-state index in [0.29, 0.717) is 6.42 Å². The van der Waals surface area contributed by atoms with Gasteiger partial charge in [-0.2, -0.15) is 0 Å². The number of rotatable bonds is 1. The first-order valence-electron chi connectivity index (χ1n) is 3.32. The van der Waals surface area contributed by atoms with E-state index in [1.807, 2.05) is 35.6 Å². The quantitative estimate of drug-likeness (QED) is 0.582. The van der Waals surface area contributed by atoms with E-state index in [1.54, 1.807) is 12.2 Å². The minimum atomic E-state index is -0.762. The highest BCUT2D eigenvalue weighted by Crippen LogP contribution is 2.31. The Bertz CT molecular complexity index is 242. The van der Waals surface area contributed by atoms with Gasteiger partial charge in [-0.1, -0.05) is 46.4 Å². The first-order valence-corrected chi connectivity index (χ1v) is 4.40. The Morgan fingerprint density at radius 1 is 1.82 bits per heavy atom. The summed E-state index contributed by atoms with van der Waals surface area (Å²) >= 11 is 1.97. The third kappa shape index (κ3) is 1.83. The average molecular weight is 264 g/mol. The molecule has 1 aliphatic rings. The molecule has 0 amide bonds. The van der Waals surface area contributed by atoms with Crippen molar-refractivity contribution in [2.75, 3.05) is 0 Å². The maximum Gasteiger partial charge on any atom is 0.323 e. The minimum Gasteiger partial charge on any atom is -0.480 e. The first kappa shape index (κ1) is 8.77. The molecule has 0 bridgehead atoms. The Labute approximate surface area is 79.1 Å². The fourth-order valence-corrected chi connectivity index (χ4v) is 1.84. The molecule has 60 valence electrons. The topological polar surface area (TPSA) is 37.3 Å². The summed E-state index contributed by atoms with van der Waals surface area (Å²) in [5.74, 6) is -0.762. The minimum absolute atomic E-state index is 0.611. The van der Waals surface area contributed by atoms with Crippen LogP contribution in [0.2, 0.25) is 0 Å². The van der Waals surface area contributed by atoms with E-state index in [-0.39, 0.29) is 0 Å². The molecule has 0 aromatic heterocycles. The van der Waals surface area contributed by atoms with Crippen LogP contribution in [0.5, 0.6) is 0 Å². The average Bonchev–Trinajstić information content (AvgIpc) is 1.86. The molecule has 0 saturated heterocycles. The summed E-state index contributed by atoms with van der Waals surface area (Å²) < 4.78 is -0.712. The van der Waals surface area contributed by atoms with Gasteiger partial charge in [0.05, 0.1) is 0 Å². The highest BCUT2D eigenvalue weighted by molar-refractivity contribution is 14.1. The van der Waals surface area contributed by atoms with Crippen molar-refractivity contribution in [1.29, 1.82) is 0 Å². The number of alkyl halides is 1. The van der Waals surface area contributed by atoms with Gasteiger partial charge in [0, 0.05) is 0 Å². The van der Waals surface area contributed by atoms with Crippen LogP contribution in [0.1, 0.15) is 13.3 Å². The molecular weight excluding hydrogens is 255 g/mol. The van der Waals surface area contributed by atoms with Gasteiger partial charge in [-0.15, -0.1) is 0 Å². The predicted molar refractivity (Wildman–Crippen MR) is 51.9 cm³/mol. The van der Waals surface area contributed by atoms with Gasteiger partial charge >= 0.3 is 5.97 Å². The zero-order chi connectivity index (χ0) is 8.48. The number of carbonyl (C=O) groups is 1. The van der Waals surface area contributed by atoms with Crippen LogP contribution in [0.25, 0.3) is 0 Å². The number of aliphatic carboxylic acids is 1. The standard InChI is InChI=1S/C8H9IO2/c1-6-3-2-4-8(9,5-6)7(10)11/h2-4H,5H2,1H3,(H,10,11). The Morgan fingerprint density at radius 3 is 2.82 bits per heavy atom. The summed E-state index contributed by atoms with van der Waals surface area (Å²) in [6, 6.07) is 0. The molecule has 0 saturated carbocycles. The van der Waals surface area contributed by atoms with Gasteiger partial charge in [-0.05, 0) is 13.3 Å². The number of allylic oxidation sites excluding steroid dienone is 3. The third-order valence-corrected chi connectivity index (χ3v) is 2.84. The van der Waals surface area contributed by atoms with Crippen LogP contribution >= 0.6 is 22.6 Å². The second-order valence-electron chi connectivity index (χ2n) is 2.72. The molecule has 0 aliphatic heterocycles. The van der Waals surface area contributed by atoms with Gasteiger partial charge in [0.25, 0.3) is 0 Å². The lowest BCUT2D eigenvalue weighted by Crippen LogP contribution is -2.30. The van der Waals surface area contributed by atoms with E-state index < -0.39 is 9.39 Å². The lowest BCUT2D eigenvalue weighted by atomic mass is 9.95. The maximum atomic E-state index is 10.7. The molecule has 0 radical (unpaired) electrons. The Hall–Kier alpha value is -0.320. The Morgan fingerprint density at radius 2 is 2.45 bits per heavy atom. The molecule has 0 heterocycles. The molecule has 1 aliphatic carbocycles. The van der Waals surface area contributed by atoms with Crippen molar-refractivity contribution in [3.63, 3.8) is 0 Å². The van der Waals surface area contributed by atoms with Crippen LogP contribution in [0.3, 0.4) is 0 Å². The van der Waals surface area contributed by atoms with Gasteiger partial charge in [-0.25, -0.2) is 0 Å².